The maximum Gasteiger partial charge on any atom is 0.408 e. The van der Waals surface area contributed by atoms with Crippen LogP contribution in [0.4, 0.5) is 4.79 Å². The summed E-state index contributed by atoms with van der Waals surface area (Å²) in [5.74, 6) is 1.80. The predicted molar refractivity (Wildman–Crippen MR) is 152 cm³/mol. The van der Waals surface area contributed by atoms with Crippen LogP contribution in [0.3, 0.4) is 0 Å². The van der Waals surface area contributed by atoms with Crippen molar-refractivity contribution in [1.29, 1.82) is 0 Å². The predicted octanol–water partition coefficient (Wildman–Crippen LogP) is 6.46. The van der Waals surface area contributed by atoms with E-state index >= 15 is 0 Å². The van der Waals surface area contributed by atoms with Gasteiger partial charge in [-0.05, 0) is 81.7 Å². The van der Waals surface area contributed by atoms with Crippen molar-refractivity contribution in [3.63, 3.8) is 0 Å². The van der Waals surface area contributed by atoms with Gasteiger partial charge >= 0.3 is 6.09 Å². The van der Waals surface area contributed by atoms with E-state index in [1.54, 1.807) is 0 Å². The fourth-order valence-electron chi connectivity index (χ4n) is 5.42. The number of hydrogen-bond acceptors (Lipinski definition) is 5. The summed E-state index contributed by atoms with van der Waals surface area (Å²) in [6.07, 6.45) is 8.40. The number of carbonyl (C=O) groups excluding carboxylic acids is 1. The molecule has 3 heterocycles. The second kappa shape index (κ2) is 10.0. The average Bonchev–Trinajstić information content (AvgIpc) is 3.67. The molecule has 8 heteroatoms. The maximum atomic E-state index is 12.5. The molecule has 39 heavy (non-hydrogen) atoms. The first-order chi connectivity index (χ1) is 18.8. The molecule has 0 bridgehead atoms. The third-order valence-corrected chi connectivity index (χ3v) is 7.69. The van der Waals surface area contributed by atoms with Crippen LogP contribution in [0.15, 0.2) is 60.9 Å². The number of H-pyrrole nitrogens is 2. The normalized spacial score (nSPS) is 18.5. The van der Waals surface area contributed by atoms with Gasteiger partial charge in [0.25, 0.3) is 0 Å². The maximum absolute atomic E-state index is 12.5. The molecule has 1 saturated carbocycles. The van der Waals surface area contributed by atoms with Crippen LogP contribution < -0.4 is 10.6 Å². The van der Waals surface area contributed by atoms with Gasteiger partial charge in [-0.25, -0.2) is 14.8 Å². The van der Waals surface area contributed by atoms with Gasteiger partial charge in [0.05, 0.1) is 29.8 Å². The number of nitrogens with one attached hydrogen (secondary N) is 4. The van der Waals surface area contributed by atoms with Gasteiger partial charge in [-0.3, -0.25) is 0 Å². The van der Waals surface area contributed by atoms with Crippen LogP contribution in [0, 0.1) is 0 Å². The van der Waals surface area contributed by atoms with Crippen LogP contribution >= 0.6 is 0 Å². The molecule has 2 aromatic heterocycles. The molecule has 6 rings (SSSR count). The largest absolute Gasteiger partial charge is 0.444 e. The highest BCUT2D eigenvalue weighted by Crippen LogP contribution is 2.41. The van der Waals surface area contributed by atoms with Crippen LogP contribution in [0.2, 0.25) is 0 Å². The topological polar surface area (TPSA) is 108 Å². The van der Waals surface area contributed by atoms with Gasteiger partial charge < -0.3 is 25.3 Å². The molecule has 4 N–H and O–H groups in total. The third-order valence-electron chi connectivity index (χ3n) is 7.69. The number of benzene rings is 2. The molecular weight excluding hydrogens is 488 g/mol. The molecule has 2 aromatic carbocycles. The van der Waals surface area contributed by atoms with E-state index in [1.807, 2.05) is 33.2 Å². The van der Waals surface area contributed by atoms with Crippen molar-refractivity contribution in [3.8, 4) is 33.6 Å². The van der Waals surface area contributed by atoms with Gasteiger partial charge in [0.2, 0.25) is 0 Å². The van der Waals surface area contributed by atoms with E-state index in [9.17, 15) is 4.79 Å². The van der Waals surface area contributed by atoms with E-state index in [1.165, 1.54) is 6.42 Å². The molecule has 0 unspecified atom stereocenters. The number of rotatable bonds is 6. The fourth-order valence-corrected chi connectivity index (χ4v) is 5.42. The lowest BCUT2D eigenvalue weighted by molar-refractivity contribution is 0.0366. The summed E-state index contributed by atoms with van der Waals surface area (Å²) in [5.41, 5.74) is 5.41. The number of alkyl carbamates (subject to hydrolysis) is 1. The van der Waals surface area contributed by atoms with Gasteiger partial charge in [0, 0.05) is 0 Å². The molecule has 1 aliphatic heterocycles. The highest BCUT2D eigenvalue weighted by molar-refractivity contribution is 5.72. The standard InChI is InChI=1S/C31H36N6O2/c1-30(2,3)39-29(38)37-31(15-5-16-31)28-34-19-26(36-28)23-13-9-21(10-14-23)20-7-11-22(12-8-20)25-18-33-27(35-25)24-6-4-17-32-24/h7-14,18-19,24,32H,4-6,15-17H2,1-3H3,(H,33,35)(H,34,36)(H,37,38)/t24-/m0/s1. The van der Waals surface area contributed by atoms with Crippen molar-refractivity contribution in [2.45, 2.75) is 70.1 Å². The van der Waals surface area contributed by atoms with E-state index in [-0.39, 0.29) is 0 Å². The number of aromatic amines is 2. The summed E-state index contributed by atoms with van der Waals surface area (Å²) < 4.78 is 5.49. The Morgan fingerprint density at radius 3 is 2.00 bits per heavy atom. The molecule has 0 radical (unpaired) electrons. The number of imidazole rings is 2. The first-order valence-corrected chi connectivity index (χ1v) is 13.8. The van der Waals surface area contributed by atoms with Crippen LogP contribution in [0.5, 0.6) is 0 Å². The van der Waals surface area contributed by atoms with Crippen molar-refractivity contribution < 1.29 is 9.53 Å². The van der Waals surface area contributed by atoms with Crippen LogP contribution in [0.25, 0.3) is 33.6 Å². The first-order valence-electron chi connectivity index (χ1n) is 13.8. The van der Waals surface area contributed by atoms with E-state index < -0.39 is 17.2 Å². The highest BCUT2D eigenvalue weighted by Gasteiger charge is 2.43. The van der Waals surface area contributed by atoms with Gasteiger partial charge in [-0.2, -0.15) is 0 Å². The zero-order chi connectivity index (χ0) is 27.0. The summed E-state index contributed by atoms with van der Waals surface area (Å²) in [6.45, 7) is 6.66. The quantitative estimate of drug-likeness (QED) is 0.231. The van der Waals surface area contributed by atoms with Crippen molar-refractivity contribution in [2.75, 3.05) is 6.54 Å². The van der Waals surface area contributed by atoms with E-state index in [0.29, 0.717) is 6.04 Å². The first kappa shape index (κ1) is 25.4. The van der Waals surface area contributed by atoms with Crippen molar-refractivity contribution in [1.82, 2.24) is 30.6 Å². The molecule has 8 nitrogen and oxygen atoms in total. The second-order valence-electron chi connectivity index (χ2n) is 11.7. The summed E-state index contributed by atoms with van der Waals surface area (Å²) in [7, 11) is 0. The smallest absolute Gasteiger partial charge is 0.408 e. The minimum absolute atomic E-state index is 0.336. The van der Waals surface area contributed by atoms with E-state index in [0.717, 1.165) is 77.5 Å². The summed E-state index contributed by atoms with van der Waals surface area (Å²) >= 11 is 0. The SMILES string of the molecule is CC(C)(C)OC(=O)NC1(c2ncc(-c3ccc(-c4ccc(-c5cnc([C@@H]6CCCN6)[nH]5)cc4)cc3)[nH]2)CCC1. The molecule has 1 atom stereocenters. The molecule has 0 spiro atoms. The van der Waals surface area contributed by atoms with E-state index in [2.05, 4.69) is 79.1 Å². The second-order valence-corrected chi connectivity index (χ2v) is 11.7. The number of nitrogens with zero attached hydrogens (tertiary/aromatic N) is 2. The Balaban J connectivity index is 1.14. The molecule has 4 aromatic rings. The van der Waals surface area contributed by atoms with Gasteiger partial charge in [-0.15, -0.1) is 0 Å². The van der Waals surface area contributed by atoms with Crippen molar-refractivity contribution >= 4 is 6.09 Å². The minimum atomic E-state index is -0.541. The Morgan fingerprint density at radius 2 is 1.46 bits per heavy atom. The molecular formula is C31H36N6O2. The molecule has 2 aliphatic rings. The number of ether oxygens (including phenoxy) is 1. The molecule has 1 amide bonds. The number of aromatic nitrogens is 4. The van der Waals surface area contributed by atoms with Gasteiger partial charge in [0.15, 0.2) is 0 Å². The Hall–Kier alpha value is -3.91. The Morgan fingerprint density at radius 1 is 0.872 bits per heavy atom. The molecule has 202 valence electrons. The van der Waals surface area contributed by atoms with Gasteiger partial charge in [0.1, 0.15) is 22.8 Å². The lowest BCUT2D eigenvalue weighted by Crippen LogP contribution is -2.52. The van der Waals surface area contributed by atoms with Crippen molar-refractivity contribution in [2.24, 2.45) is 0 Å². The van der Waals surface area contributed by atoms with Crippen LogP contribution in [-0.2, 0) is 10.3 Å². The summed E-state index contributed by atoms with van der Waals surface area (Å²) in [6, 6.07) is 17.4. The number of hydrogen-bond donors (Lipinski definition) is 4. The Labute approximate surface area is 229 Å². The number of amides is 1. The van der Waals surface area contributed by atoms with Crippen molar-refractivity contribution in [3.05, 3.63) is 72.6 Å². The lowest BCUT2D eigenvalue weighted by atomic mass is 9.76. The highest BCUT2D eigenvalue weighted by atomic mass is 16.6. The zero-order valence-corrected chi connectivity index (χ0v) is 22.8. The molecule has 2 fully saturated rings. The minimum Gasteiger partial charge on any atom is -0.444 e. The summed E-state index contributed by atoms with van der Waals surface area (Å²) in [5, 5.41) is 6.56. The monoisotopic (exact) mass is 524 g/mol. The van der Waals surface area contributed by atoms with Gasteiger partial charge in [-0.1, -0.05) is 48.5 Å². The average molecular weight is 525 g/mol. The van der Waals surface area contributed by atoms with E-state index in [4.69, 9.17) is 4.74 Å². The fraction of sp³-hybridized carbons (Fsp3) is 0.387. The molecule has 1 aliphatic carbocycles. The molecule has 1 saturated heterocycles. The zero-order valence-electron chi connectivity index (χ0n) is 22.8. The number of carbonyl (C=O) groups is 1. The Kier molecular flexibility index (Phi) is 6.51. The van der Waals surface area contributed by atoms with Crippen LogP contribution in [-0.4, -0.2) is 38.2 Å². The van der Waals surface area contributed by atoms with Crippen LogP contribution in [0.1, 0.15) is 70.6 Å². The third kappa shape index (κ3) is 5.34. The Bertz CT molecular complexity index is 1440. The summed E-state index contributed by atoms with van der Waals surface area (Å²) in [4.78, 5) is 28.6. The lowest BCUT2D eigenvalue weighted by Gasteiger charge is -2.40.